The Kier molecular flexibility index (Phi) is 6.34. The summed E-state index contributed by atoms with van der Waals surface area (Å²) in [6, 6.07) is 7.06. The van der Waals surface area contributed by atoms with Gasteiger partial charge in [-0.2, -0.15) is 0 Å². The molecule has 3 aromatic heterocycles. The number of para-hydroxylation sites is 1. The molecule has 1 fully saturated rings. The molecule has 0 saturated carbocycles. The van der Waals surface area contributed by atoms with Crippen molar-refractivity contribution in [1.82, 2.24) is 24.5 Å². The predicted octanol–water partition coefficient (Wildman–Crippen LogP) is 0.505. The number of aliphatic hydroxyl groups excluding tert-OH is 3. The van der Waals surface area contributed by atoms with E-state index in [0.717, 1.165) is 16.5 Å². The van der Waals surface area contributed by atoms with Gasteiger partial charge in [0.2, 0.25) is 0 Å². The van der Waals surface area contributed by atoms with Gasteiger partial charge >= 0.3 is 5.97 Å². The first-order valence-corrected chi connectivity index (χ1v) is 11.3. The molecule has 184 valence electrons. The molecule has 0 amide bonds. The van der Waals surface area contributed by atoms with Crippen molar-refractivity contribution in [2.24, 2.45) is 0 Å². The highest BCUT2D eigenvalue weighted by Crippen LogP contribution is 2.32. The molecule has 1 aliphatic rings. The van der Waals surface area contributed by atoms with Gasteiger partial charge in [-0.1, -0.05) is 18.2 Å². The summed E-state index contributed by atoms with van der Waals surface area (Å²) in [5.41, 5.74) is 2.57. The van der Waals surface area contributed by atoms with E-state index in [1.54, 1.807) is 6.92 Å². The van der Waals surface area contributed by atoms with Crippen LogP contribution in [0.5, 0.6) is 0 Å². The predicted molar refractivity (Wildman–Crippen MR) is 124 cm³/mol. The summed E-state index contributed by atoms with van der Waals surface area (Å²) in [7, 11) is 0. The Bertz CT molecular complexity index is 1340. The fourth-order valence-corrected chi connectivity index (χ4v) is 4.38. The number of fused-ring (bicyclic) bond motifs is 2. The fraction of sp³-hybridized carbons (Fsp3) is 0.391. The minimum atomic E-state index is -1.29. The van der Waals surface area contributed by atoms with Crippen LogP contribution in [0.25, 0.3) is 22.1 Å². The van der Waals surface area contributed by atoms with Gasteiger partial charge in [0.05, 0.1) is 19.5 Å². The number of H-pyrrole nitrogens is 1. The van der Waals surface area contributed by atoms with Crippen LogP contribution in [0, 0.1) is 0 Å². The van der Waals surface area contributed by atoms with Crippen molar-refractivity contribution in [3.05, 3.63) is 48.7 Å². The molecule has 1 unspecified atom stereocenters. The van der Waals surface area contributed by atoms with Gasteiger partial charge in [0.15, 0.2) is 23.2 Å². The Morgan fingerprint density at radius 2 is 2.09 bits per heavy atom. The number of rotatable bonds is 8. The highest BCUT2D eigenvalue weighted by atomic mass is 16.6. The maximum atomic E-state index is 12.8. The van der Waals surface area contributed by atoms with Crippen LogP contribution in [0.3, 0.4) is 0 Å². The van der Waals surface area contributed by atoms with E-state index < -0.39 is 43.2 Å². The number of imidazole rings is 1. The second-order valence-electron chi connectivity index (χ2n) is 8.29. The molecule has 5 atom stereocenters. The van der Waals surface area contributed by atoms with Gasteiger partial charge in [0.25, 0.3) is 0 Å². The second-order valence-corrected chi connectivity index (χ2v) is 8.29. The summed E-state index contributed by atoms with van der Waals surface area (Å²) < 4.78 is 12.4. The van der Waals surface area contributed by atoms with Crippen LogP contribution in [0.2, 0.25) is 0 Å². The van der Waals surface area contributed by atoms with E-state index in [1.165, 1.54) is 17.2 Å². The summed E-state index contributed by atoms with van der Waals surface area (Å²) >= 11 is 0. The molecule has 1 aliphatic heterocycles. The highest BCUT2D eigenvalue weighted by molar-refractivity contribution is 5.88. The number of aromatic amines is 1. The molecule has 35 heavy (non-hydrogen) atoms. The van der Waals surface area contributed by atoms with Crippen molar-refractivity contribution in [2.75, 3.05) is 18.5 Å². The Morgan fingerprint density at radius 3 is 2.86 bits per heavy atom. The zero-order valence-corrected chi connectivity index (χ0v) is 18.9. The van der Waals surface area contributed by atoms with Crippen molar-refractivity contribution in [2.45, 2.75) is 43.9 Å². The standard InChI is InChI=1S/C23H26N6O6/c1-2-34-23(33)15(7-12-8-24-14-6-4-3-5-13(12)14)28-20-17-21(26-10-25-20)29(11-27-17)22-19(32)18(31)16(9-30)35-22/h3-6,8,10-11,15-16,18-19,22,24,30-32H,2,7,9H2,1H3,(H,25,26,28)/t15-,16+,18-,19?,22+/m0/s1. The van der Waals surface area contributed by atoms with E-state index in [2.05, 4.69) is 25.3 Å². The minimum Gasteiger partial charge on any atom is -0.464 e. The molecule has 12 heteroatoms. The highest BCUT2D eigenvalue weighted by Gasteiger charge is 2.44. The number of anilines is 1. The quantitative estimate of drug-likeness (QED) is 0.223. The number of carbonyl (C=O) groups is 1. The van der Waals surface area contributed by atoms with Gasteiger partial charge in [-0.25, -0.2) is 19.7 Å². The number of aromatic nitrogens is 5. The van der Waals surface area contributed by atoms with Crippen LogP contribution in [0.4, 0.5) is 5.82 Å². The van der Waals surface area contributed by atoms with Gasteiger partial charge in [-0.05, 0) is 18.6 Å². The van der Waals surface area contributed by atoms with Gasteiger partial charge < -0.3 is 35.1 Å². The molecule has 1 saturated heterocycles. The summed E-state index contributed by atoms with van der Waals surface area (Å²) in [5.74, 6) is -0.133. The normalized spacial score (nSPS) is 23.1. The van der Waals surface area contributed by atoms with Gasteiger partial charge in [0.1, 0.15) is 30.7 Å². The number of nitrogens with zero attached hydrogens (tertiary/aromatic N) is 4. The average molecular weight is 482 g/mol. The number of hydrogen-bond acceptors (Lipinski definition) is 10. The smallest absolute Gasteiger partial charge is 0.328 e. The zero-order chi connectivity index (χ0) is 24.5. The molecule has 4 heterocycles. The SMILES string of the molecule is CCOC(=O)[C@H](Cc1c[nH]c2ccccc12)Nc1ncnc2c1ncn2[C@@H]1O[C@H](CO)[C@H](O)C1O. The number of benzene rings is 1. The first kappa shape index (κ1) is 23.2. The lowest BCUT2D eigenvalue weighted by Crippen LogP contribution is -2.34. The molecule has 0 spiro atoms. The lowest BCUT2D eigenvalue weighted by atomic mass is 10.0. The second kappa shape index (κ2) is 9.58. The van der Waals surface area contributed by atoms with Crippen molar-refractivity contribution < 1.29 is 29.6 Å². The molecule has 5 rings (SSSR count). The maximum absolute atomic E-state index is 12.8. The van der Waals surface area contributed by atoms with Gasteiger partial charge in [-0.3, -0.25) is 4.57 Å². The fourth-order valence-electron chi connectivity index (χ4n) is 4.38. The molecular weight excluding hydrogens is 456 g/mol. The van der Waals surface area contributed by atoms with E-state index in [-0.39, 0.29) is 6.61 Å². The molecule has 5 N–H and O–H groups in total. The summed E-state index contributed by atoms with van der Waals surface area (Å²) in [5, 5.41) is 34.1. The van der Waals surface area contributed by atoms with E-state index in [4.69, 9.17) is 9.47 Å². The zero-order valence-electron chi connectivity index (χ0n) is 18.9. The van der Waals surface area contributed by atoms with Crippen LogP contribution in [0.15, 0.2) is 43.1 Å². The largest absolute Gasteiger partial charge is 0.464 e. The van der Waals surface area contributed by atoms with Gasteiger partial charge in [0, 0.05) is 23.5 Å². The Morgan fingerprint density at radius 1 is 1.26 bits per heavy atom. The van der Waals surface area contributed by atoms with E-state index in [9.17, 15) is 20.1 Å². The number of nitrogens with one attached hydrogen (secondary N) is 2. The Hall–Kier alpha value is -3.58. The third-order valence-corrected chi connectivity index (χ3v) is 6.13. The molecule has 0 aliphatic carbocycles. The number of aliphatic hydroxyl groups is 3. The van der Waals surface area contributed by atoms with Crippen molar-refractivity contribution >= 4 is 33.9 Å². The van der Waals surface area contributed by atoms with Crippen LogP contribution < -0.4 is 5.32 Å². The first-order chi connectivity index (χ1) is 17.0. The van der Waals surface area contributed by atoms with E-state index >= 15 is 0 Å². The number of ether oxygens (including phenoxy) is 2. The van der Waals surface area contributed by atoms with Crippen molar-refractivity contribution in [1.29, 1.82) is 0 Å². The lowest BCUT2D eigenvalue weighted by molar-refractivity contribution is -0.144. The van der Waals surface area contributed by atoms with E-state index in [0.29, 0.717) is 23.4 Å². The summed E-state index contributed by atoms with van der Waals surface area (Å²) in [6.45, 7) is 1.52. The number of carbonyl (C=O) groups excluding carboxylic acids is 1. The third kappa shape index (κ3) is 4.21. The number of esters is 1. The molecule has 0 radical (unpaired) electrons. The molecule has 1 aromatic carbocycles. The topological polar surface area (TPSA) is 168 Å². The minimum absolute atomic E-state index is 0.226. The van der Waals surface area contributed by atoms with Crippen molar-refractivity contribution in [3.63, 3.8) is 0 Å². The monoisotopic (exact) mass is 482 g/mol. The average Bonchev–Trinajstić information content (AvgIpc) is 3.56. The third-order valence-electron chi connectivity index (χ3n) is 6.13. The summed E-state index contributed by atoms with van der Waals surface area (Å²) in [4.78, 5) is 28.9. The van der Waals surface area contributed by atoms with Crippen LogP contribution in [-0.2, 0) is 20.7 Å². The number of hydrogen-bond donors (Lipinski definition) is 5. The first-order valence-electron chi connectivity index (χ1n) is 11.3. The van der Waals surface area contributed by atoms with Gasteiger partial charge in [-0.15, -0.1) is 0 Å². The molecule has 0 bridgehead atoms. The lowest BCUT2D eigenvalue weighted by Gasteiger charge is -2.18. The van der Waals surface area contributed by atoms with Crippen LogP contribution in [0.1, 0.15) is 18.7 Å². The van der Waals surface area contributed by atoms with Crippen LogP contribution in [-0.4, -0.2) is 83.4 Å². The summed E-state index contributed by atoms with van der Waals surface area (Å²) in [6.07, 6.45) is 0.436. The van der Waals surface area contributed by atoms with E-state index in [1.807, 2.05) is 30.5 Å². The Labute approximate surface area is 199 Å². The maximum Gasteiger partial charge on any atom is 0.328 e. The van der Waals surface area contributed by atoms with Crippen molar-refractivity contribution in [3.8, 4) is 0 Å². The Balaban J connectivity index is 1.46. The molecule has 12 nitrogen and oxygen atoms in total. The van der Waals surface area contributed by atoms with Crippen LogP contribution >= 0.6 is 0 Å². The molecular formula is C23H26N6O6. The molecule has 4 aromatic rings.